The molecule has 5 heteroatoms. The second-order valence-corrected chi connectivity index (χ2v) is 3.43. The number of nitrogens with one attached hydrogen (secondary N) is 2. The standard InChI is InChI=1S/C11H15N3O2/c1-7-5-8(12)3-4-9(7)11(16)14-6-10(15)13-2/h3-5H,6,12H2,1-2H3,(H,13,15)(H,14,16). The van der Waals surface area contributed by atoms with Gasteiger partial charge in [0, 0.05) is 18.3 Å². The van der Waals surface area contributed by atoms with Crippen LogP contribution in [0.25, 0.3) is 0 Å². The van der Waals surface area contributed by atoms with Crippen LogP contribution in [0, 0.1) is 6.92 Å². The Kier molecular flexibility index (Phi) is 3.88. The van der Waals surface area contributed by atoms with Crippen molar-refractivity contribution in [3.8, 4) is 0 Å². The van der Waals surface area contributed by atoms with Gasteiger partial charge in [-0.3, -0.25) is 9.59 Å². The van der Waals surface area contributed by atoms with E-state index in [2.05, 4.69) is 10.6 Å². The lowest BCUT2D eigenvalue weighted by atomic mass is 10.1. The SMILES string of the molecule is CNC(=O)CNC(=O)c1ccc(N)cc1C. The molecule has 0 aromatic heterocycles. The Morgan fingerprint density at radius 3 is 2.62 bits per heavy atom. The quantitative estimate of drug-likeness (QED) is 0.631. The molecule has 0 unspecified atom stereocenters. The molecule has 2 amide bonds. The summed E-state index contributed by atoms with van der Waals surface area (Å²) in [6, 6.07) is 5.01. The van der Waals surface area contributed by atoms with E-state index in [0.29, 0.717) is 11.3 Å². The van der Waals surface area contributed by atoms with E-state index in [1.807, 2.05) is 0 Å². The molecule has 0 aliphatic rings. The van der Waals surface area contributed by atoms with Crippen molar-refractivity contribution in [1.29, 1.82) is 0 Å². The highest BCUT2D eigenvalue weighted by atomic mass is 16.2. The Bertz CT molecular complexity index is 416. The van der Waals surface area contributed by atoms with E-state index in [0.717, 1.165) is 5.56 Å². The molecule has 0 aliphatic carbocycles. The van der Waals surface area contributed by atoms with Gasteiger partial charge in [0.25, 0.3) is 5.91 Å². The molecule has 16 heavy (non-hydrogen) atoms. The molecule has 1 aromatic carbocycles. The molecule has 0 aliphatic heterocycles. The van der Waals surface area contributed by atoms with Crippen LogP contribution in [-0.4, -0.2) is 25.4 Å². The van der Waals surface area contributed by atoms with Crippen molar-refractivity contribution >= 4 is 17.5 Å². The van der Waals surface area contributed by atoms with Crippen molar-refractivity contribution in [3.05, 3.63) is 29.3 Å². The number of nitrogens with two attached hydrogens (primary N) is 1. The highest BCUT2D eigenvalue weighted by Crippen LogP contribution is 2.11. The molecular formula is C11H15N3O2. The zero-order chi connectivity index (χ0) is 12.1. The lowest BCUT2D eigenvalue weighted by Crippen LogP contribution is -2.35. The normalized spacial score (nSPS) is 9.62. The number of aryl methyl sites for hydroxylation is 1. The summed E-state index contributed by atoms with van der Waals surface area (Å²) in [5.74, 6) is -0.512. The first-order chi connectivity index (χ1) is 7.54. The van der Waals surface area contributed by atoms with Gasteiger partial charge in [0.2, 0.25) is 5.91 Å². The summed E-state index contributed by atoms with van der Waals surface area (Å²) in [6.07, 6.45) is 0. The molecule has 1 aromatic rings. The third-order valence-corrected chi connectivity index (χ3v) is 2.18. The van der Waals surface area contributed by atoms with Gasteiger partial charge in [0.1, 0.15) is 0 Å². The van der Waals surface area contributed by atoms with Gasteiger partial charge >= 0.3 is 0 Å². The second-order valence-electron chi connectivity index (χ2n) is 3.43. The van der Waals surface area contributed by atoms with Gasteiger partial charge in [-0.05, 0) is 30.7 Å². The van der Waals surface area contributed by atoms with Crippen LogP contribution in [0.5, 0.6) is 0 Å². The van der Waals surface area contributed by atoms with Crippen molar-refractivity contribution in [2.24, 2.45) is 0 Å². The first-order valence-electron chi connectivity index (χ1n) is 4.89. The lowest BCUT2D eigenvalue weighted by molar-refractivity contribution is -0.119. The van der Waals surface area contributed by atoms with Gasteiger partial charge in [-0.25, -0.2) is 0 Å². The number of amides is 2. The summed E-state index contributed by atoms with van der Waals surface area (Å²) < 4.78 is 0. The molecule has 0 saturated carbocycles. The van der Waals surface area contributed by atoms with Gasteiger partial charge in [-0.15, -0.1) is 0 Å². The topological polar surface area (TPSA) is 84.2 Å². The van der Waals surface area contributed by atoms with Crippen LogP contribution in [0.1, 0.15) is 15.9 Å². The molecule has 86 valence electrons. The van der Waals surface area contributed by atoms with Gasteiger partial charge in [0.05, 0.1) is 6.54 Å². The second kappa shape index (κ2) is 5.16. The average Bonchev–Trinajstić information content (AvgIpc) is 2.25. The summed E-state index contributed by atoms with van der Waals surface area (Å²) in [4.78, 5) is 22.6. The smallest absolute Gasteiger partial charge is 0.251 e. The van der Waals surface area contributed by atoms with Crippen LogP contribution in [0.3, 0.4) is 0 Å². The first-order valence-corrected chi connectivity index (χ1v) is 4.89. The molecule has 0 saturated heterocycles. The molecule has 0 spiro atoms. The highest BCUT2D eigenvalue weighted by Gasteiger charge is 2.09. The van der Waals surface area contributed by atoms with E-state index < -0.39 is 0 Å². The van der Waals surface area contributed by atoms with Crippen LogP contribution in [0.15, 0.2) is 18.2 Å². The van der Waals surface area contributed by atoms with E-state index >= 15 is 0 Å². The fourth-order valence-corrected chi connectivity index (χ4v) is 1.29. The molecule has 5 nitrogen and oxygen atoms in total. The van der Waals surface area contributed by atoms with E-state index in [-0.39, 0.29) is 18.4 Å². The molecule has 0 atom stereocenters. The van der Waals surface area contributed by atoms with E-state index in [1.165, 1.54) is 7.05 Å². The van der Waals surface area contributed by atoms with Crippen molar-refractivity contribution in [1.82, 2.24) is 10.6 Å². The number of nitrogen functional groups attached to an aromatic ring is 1. The number of carbonyl (C=O) groups is 2. The monoisotopic (exact) mass is 221 g/mol. The van der Waals surface area contributed by atoms with Crippen LogP contribution >= 0.6 is 0 Å². The van der Waals surface area contributed by atoms with Gasteiger partial charge in [0.15, 0.2) is 0 Å². The minimum atomic E-state index is -0.277. The molecule has 1 rings (SSSR count). The Hall–Kier alpha value is -2.04. The summed E-state index contributed by atoms with van der Waals surface area (Å²) in [6.45, 7) is 1.77. The molecule has 0 bridgehead atoms. The number of anilines is 1. The van der Waals surface area contributed by atoms with E-state index in [1.54, 1.807) is 25.1 Å². The predicted molar refractivity (Wildman–Crippen MR) is 62.0 cm³/mol. The zero-order valence-electron chi connectivity index (χ0n) is 9.33. The maximum Gasteiger partial charge on any atom is 0.251 e. The molecule has 4 N–H and O–H groups in total. The number of carbonyl (C=O) groups excluding carboxylic acids is 2. The third kappa shape index (κ3) is 2.98. The number of likely N-dealkylation sites (N-methyl/N-ethyl adjacent to an activating group) is 1. The lowest BCUT2D eigenvalue weighted by Gasteiger charge is -2.07. The van der Waals surface area contributed by atoms with Gasteiger partial charge in [-0.2, -0.15) is 0 Å². The van der Waals surface area contributed by atoms with E-state index in [9.17, 15) is 9.59 Å². The number of rotatable bonds is 3. The molecule has 0 radical (unpaired) electrons. The van der Waals surface area contributed by atoms with Gasteiger partial charge < -0.3 is 16.4 Å². The summed E-state index contributed by atoms with van der Waals surface area (Å²) in [5, 5.41) is 4.94. The van der Waals surface area contributed by atoms with Crippen molar-refractivity contribution < 1.29 is 9.59 Å². The Labute approximate surface area is 94.0 Å². The van der Waals surface area contributed by atoms with Crippen molar-refractivity contribution in [2.75, 3.05) is 19.3 Å². The number of hydrogen-bond acceptors (Lipinski definition) is 3. The van der Waals surface area contributed by atoms with Crippen LogP contribution < -0.4 is 16.4 Å². The fraction of sp³-hybridized carbons (Fsp3) is 0.273. The summed E-state index contributed by atoms with van der Waals surface area (Å²) in [5.41, 5.74) is 7.50. The number of benzene rings is 1. The van der Waals surface area contributed by atoms with Crippen LogP contribution in [0.4, 0.5) is 5.69 Å². The summed E-state index contributed by atoms with van der Waals surface area (Å²) >= 11 is 0. The minimum absolute atomic E-state index is 0.0286. The van der Waals surface area contributed by atoms with Crippen LogP contribution in [-0.2, 0) is 4.79 Å². The Morgan fingerprint density at radius 2 is 2.06 bits per heavy atom. The third-order valence-electron chi connectivity index (χ3n) is 2.18. The van der Waals surface area contributed by atoms with Crippen molar-refractivity contribution in [3.63, 3.8) is 0 Å². The van der Waals surface area contributed by atoms with Gasteiger partial charge in [-0.1, -0.05) is 0 Å². The fourth-order valence-electron chi connectivity index (χ4n) is 1.29. The zero-order valence-corrected chi connectivity index (χ0v) is 9.33. The van der Waals surface area contributed by atoms with Crippen molar-refractivity contribution in [2.45, 2.75) is 6.92 Å². The average molecular weight is 221 g/mol. The van der Waals surface area contributed by atoms with Crippen LogP contribution in [0.2, 0.25) is 0 Å². The Balaban J connectivity index is 2.70. The van der Waals surface area contributed by atoms with E-state index in [4.69, 9.17) is 5.73 Å². The molecule has 0 heterocycles. The first kappa shape index (κ1) is 12.0. The Morgan fingerprint density at radius 1 is 1.38 bits per heavy atom. The molecular weight excluding hydrogens is 206 g/mol. The highest BCUT2D eigenvalue weighted by molar-refractivity contribution is 5.97. The minimum Gasteiger partial charge on any atom is -0.399 e. The number of hydrogen-bond donors (Lipinski definition) is 3. The largest absolute Gasteiger partial charge is 0.399 e. The summed E-state index contributed by atoms with van der Waals surface area (Å²) in [7, 11) is 1.52. The maximum atomic E-state index is 11.7. The maximum absolute atomic E-state index is 11.7. The predicted octanol–water partition coefficient (Wildman–Crippen LogP) is 0.0530. The molecule has 0 fully saturated rings.